The first-order valence-corrected chi connectivity index (χ1v) is 8.24. The van der Waals surface area contributed by atoms with Crippen molar-refractivity contribution in [2.45, 2.75) is 19.3 Å². The third kappa shape index (κ3) is 3.64. The molecule has 0 amide bonds. The van der Waals surface area contributed by atoms with Gasteiger partial charge >= 0.3 is 17.1 Å². The summed E-state index contributed by atoms with van der Waals surface area (Å²) in [6, 6.07) is 2.61. The summed E-state index contributed by atoms with van der Waals surface area (Å²) < 4.78 is 0. The van der Waals surface area contributed by atoms with Crippen LogP contribution in [0.5, 0.6) is 0 Å². The molecule has 10 nitrogen and oxygen atoms in total. The van der Waals surface area contributed by atoms with E-state index in [4.69, 9.17) is 5.11 Å². The van der Waals surface area contributed by atoms with Crippen molar-refractivity contribution in [3.63, 3.8) is 0 Å². The lowest BCUT2D eigenvalue weighted by molar-refractivity contribution is -0.384. The summed E-state index contributed by atoms with van der Waals surface area (Å²) in [4.78, 5) is 51.6. The molecule has 1 saturated heterocycles. The fourth-order valence-corrected chi connectivity index (χ4v) is 3.27. The highest BCUT2D eigenvalue weighted by atomic mass is 16.6. The number of carboxylic acid groups (broad SMARTS) is 1. The van der Waals surface area contributed by atoms with Gasteiger partial charge in [-0.2, -0.15) is 0 Å². The zero-order valence-corrected chi connectivity index (χ0v) is 13.9. The summed E-state index contributed by atoms with van der Waals surface area (Å²) in [6.07, 6.45) is 1.56. The number of aliphatic carboxylic acids is 1. The number of likely N-dealkylation sites (tertiary alicyclic amines) is 1. The molecule has 0 aliphatic carbocycles. The van der Waals surface area contributed by atoms with Crippen LogP contribution >= 0.6 is 0 Å². The van der Waals surface area contributed by atoms with Crippen molar-refractivity contribution in [3.05, 3.63) is 48.5 Å². The van der Waals surface area contributed by atoms with Crippen LogP contribution in [-0.4, -0.2) is 50.5 Å². The van der Waals surface area contributed by atoms with Crippen LogP contribution in [0.15, 0.2) is 21.7 Å². The van der Waals surface area contributed by atoms with Gasteiger partial charge in [-0.15, -0.1) is 0 Å². The minimum absolute atomic E-state index is 0.167. The Bertz CT molecular complexity index is 971. The second-order valence-corrected chi connectivity index (χ2v) is 6.40. The van der Waals surface area contributed by atoms with Gasteiger partial charge in [-0.05, 0) is 37.9 Å². The van der Waals surface area contributed by atoms with Crippen LogP contribution in [0.25, 0.3) is 11.0 Å². The molecule has 138 valence electrons. The quantitative estimate of drug-likeness (QED) is 0.397. The van der Waals surface area contributed by atoms with E-state index in [9.17, 15) is 24.5 Å². The van der Waals surface area contributed by atoms with Gasteiger partial charge in [-0.1, -0.05) is 0 Å². The van der Waals surface area contributed by atoms with E-state index in [2.05, 4.69) is 14.9 Å². The van der Waals surface area contributed by atoms with Gasteiger partial charge in [0.2, 0.25) is 0 Å². The topological polar surface area (TPSA) is 149 Å². The molecule has 1 aliphatic rings. The van der Waals surface area contributed by atoms with Gasteiger partial charge in [-0.3, -0.25) is 24.5 Å². The van der Waals surface area contributed by atoms with Gasteiger partial charge in [-0.25, -0.2) is 0 Å². The summed E-state index contributed by atoms with van der Waals surface area (Å²) in [5, 5.41) is 20.2. The van der Waals surface area contributed by atoms with Crippen LogP contribution in [-0.2, 0) is 11.2 Å². The van der Waals surface area contributed by atoms with Gasteiger partial charge in [0.15, 0.2) is 0 Å². The number of aromatic nitrogens is 2. The molecule has 2 heterocycles. The molecule has 26 heavy (non-hydrogen) atoms. The number of carboxylic acids is 1. The zero-order valence-electron chi connectivity index (χ0n) is 13.9. The molecule has 1 fully saturated rings. The molecule has 3 rings (SSSR count). The third-order valence-electron chi connectivity index (χ3n) is 4.74. The fourth-order valence-electron chi connectivity index (χ4n) is 3.27. The molecule has 0 spiro atoms. The Morgan fingerprint density at radius 1 is 1.23 bits per heavy atom. The number of fused-ring (bicyclic) bond motifs is 1. The van der Waals surface area contributed by atoms with E-state index in [-0.39, 0.29) is 17.1 Å². The summed E-state index contributed by atoms with van der Waals surface area (Å²) in [5.41, 5.74) is -0.693. The van der Waals surface area contributed by atoms with Crippen molar-refractivity contribution < 1.29 is 14.8 Å². The van der Waals surface area contributed by atoms with Crippen LogP contribution in [0, 0.1) is 16.0 Å². The lowest BCUT2D eigenvalue weighted by Crippen LogP contribution is -2.37. The van der Waals surface area contributed by atoms with Crippen molar-refractivity contribution in [3.8, 4) is 0 Å². The van der Waals surface area contributed by atoms with Crippen LogP contribution in [0.1, 0.15) is 18.4 Å². The number of non-ortho nitro benzene ring substituents is 1. The van der Waals surface area contributed by atoms with Crippen molar-refractivity contribution in [1.82, 2.24) is 14.9 Å². The lowest BCUT2D eigenvalue weighted by atomic mass is 9.97. The maximum Gasteiger partial charge on any atom is 0.314 e. The molecule has 1 aromatic carbocycles. The van der Waals surface area contributed by atoms with Crippen LogP contribution in [0.3, 0.4) is 0 Å². The molecule has 2 aromatic rings. The van der Waals surface area contributed by atoms with E-state index in [0.29, 0.717) is 50.0 Å². The average Bonchev–Trinajstić information content (AvgIpc) is 2.61. The van der Waals surface area contributed by atoms with Crippen molar-refractivity contribution in [1.29, 1.82) is 0 Å². The highest BCUT2D eigenvalue weighted by Gasteiger charge is 2.24. The highest BCUT2D eigenvalue weighted by molar-refractivity contribution is 5.80. The normalized spacial score (nSPS) is 16.0. The Morgan fingerprint density at radius 2 is 1.88 bits per heavy atom. The van der Waals surface area contributed by atoms with Crippen LogP contribution < -0.4 is 11.1 Å². The van der Waals surface area contributed by atoms with Crippen molar-refractivity contribution in [2.24, 2.45) is 5.92 Å². The summed E-state index contributed by atoms with van der Waals surface area (Å²) in [5.74, 6) is -1.11. The molecule has 0 bridgehead atoms. The molecule has 1 aliphatic heterocycles. The molecule has 0 unspecified atom stereocenters. The molecule has 0 saturated carbocycles. The maximum atomic E-state index is 11.6. The molecular weight excluding hydrogens is 344 g/mol. The van der Waals surface area contributed by atoms with E-state index in [0.717, 1.165) is 0 Å². The van der Waals surface area contributed by atoms with Gasteiger partial charge < -0.3 is 20.0 Å². The second kappa shape index (κ2) is 7.08. The number of H-pyrrole nitrogens is 2. The minimum Gasteiger partial charge on any atom is -0.481 e. The van der Waals surface area contributed by atoms with E-state index in [1.807, 2.05) is 0 Å². The van der Waals surface area contributed by atoms with Gasteiger partial charge in [0.05, 0.1) is 21.9 Å². The zero-order chi connectivity index (χ0) is 18.8. The van der Waals surface area contributed by atoms with Crippen LogP contribution in [0.4, 0.5) is 5.69 Å². The largest absolute Gasteiger partial charge is 0.481 e. The van der Waals surface area contributed by atoms with Crippen LogP contribution in [0.2, 0.25) is 0 Å². The molecule has 10 heteroatoms. The summed E-state index contributed by atoms with van der Waals surface area (Å²) in [6.45, 7) is 1.85. The second-order valence-electron chi connectivity index (χ2n) is 6.40. The fraction of sp³-hybridized carbons (Fsp3) is 0.438. The number of aromatic amines is 2. The molecule has 1 aromatic heterocycles. The van der Waals surface area contributed by atoms with Gasteiger partial charge in [0, 0.05) is 18.7 Å². The van der Waals surface area contributed by atoms with E-state index < -0.39 is 22.0 Å². The Balaban J connectivity index is 1.84. The van der Waals surface area contributed by atoms with Gasteiger partial charge in [0.25, 0.3) is 5.69 Å². The summed E-state index contributed by atoms with van der Waals surface area (Å²) >= 11 is 0. The Morgan fingerprint density at radius 3 is 2.50 bits per heavy atom. The number of nitrogens with zero attached hydrogens (tertiary/aromatic N) is 2. The first kappa shape index (κ1) is 17.8. The van der Waals surface area contributed by atoms with Crippen molar-refractivity contribution >= 4 is 22.7 Å². The maximum absolute atomic E-state index is 11.6. The molecule has 3 N–H and O–H groups in total. The van der Waals surface area contributed by atoms with Gasteiger partial charge in [0.1, 0.15) is 0 Å². The predicted molar refractivity (Wildman–Crippen MR) is 92.3 cm³/mol. The SMILES string of the molecule is O=C(O)C1CCN(CCc2cc([N+](=O)[O-])cc3[nH]c(=O)c(=O)[nH]c23)CC1. The number of carbonyl (C=O) groups is 1. The number of piperidine rings is 1. The lowest BCUT2D eigenvalue weighted by Gasteiger charge is -2.30. The third-order valence-corrected chi connectivity index (χ3v) is 4.74. The number of nitro groups is 1. The Kier molecular flexibility index (Phi) is 4.85. The molecule has 0 radical (unpaired) electrons. The first-order valence-electron chi connectivity index (χ1n) is 8.24. The minimum atomic E-state index is -0.861. The number of nitrogens with one attached hydrogen (secondary N) is 2. The van der Waals surface area contributed by atoms with E-state index >= 15 is 0 Å². The average molecular weight is 362 g/mol. The molecule has 0 atom stereocenters. The Hall–Kier alpha value is -3.01. The van der Waals surface area contributed by atoms with Crippen molar-refractivity contribution in [2.75, 3.05) is 19.6 Å². The Labute approximate surface area is 146 Å². The number of rotatable bonds is 5. The number of benzene rings is 1. The number of hydrogen-bond donors (Lipinski definition) is 3. The first-order chi connectivity index (χ1) is 12.3. The predicted octanol–water partition coefficient (Wildman–Crippen LogP) is 0.464. The van der Waals surface area contributed by atoms with E-state index in [1.165, 1.54) is 12.1 Å². The molecular formula is C16H18N4O6. The number of hydrogen-bond acceptors (Lipinski definition) is 6. The highest BCUT2D eigenvalue weighted by Crippen LogP contribution is 2.23. The summed E-state index contributed by atoms with van der Waals surface area (Å²) in [7, 11) is 0. The number of nitro benzene ring substituents is 1. The van der Waals surface area contributed by atoms with E-state index in [1.54, 1.807) is 0 Å². The smallest absolute Gasteiger partial charge is 0.314 e. The monoisotopic (exact) mass is 362 g/mol. The standard InChI is InChI=1S/C16H18N4O6/c21-14-15(22)18-13-10(7-11(20(25)26)8-12(13)17-14)3-6-19-4-1-9(2-5-19)16(23)24/h7-9H,1-6H2,(H,17,21)(H,18,22)(H,23,24).